The smallest absolute Gasteiger partial charge is 0.326 e. The molecule has 0 saturated heterocycles. The Morgan fingerprint density at radius 3 is 2.00 bits per heavy atom. The van der Waals surface area contributed by atoms with Gasteiger partial charge in [-0.1, -0.05) is 13.8 Å². The molecule has 0 spiro atoms. The molecule has 1 amide bonds. The third-order valence-electron chi connectivity index (χ3n) is 2.29. The van der Waals surface area contributed by atoms with Gasteiger partial charge in [-0.15, -0.1) is 0 Å². The first-order chi connectivity index (χ1) is 7.75. The molecule has 2 N–H and O–H groups in total. The number of amides is 1. The molecule has 0 radical (unpaired) electrons. The highest BCUT2D eigenvalue weighted by Crippen LogP contribution is 2.09. The lowest BCUT2D eigenvalue weighted by Crippen LogP contribution is -2.44. The summed E-state index contributed by atoms with van der Waals surface area (Å²) < 4.78 is 0. The second kappa shape index (κ2) is 6.88. The van der Waals surface area contributed by atoms with Gasteiger partial charge in [-0.2, -0.15) is 0 Å². The fourth-order valence-electron chi connectivity index (χ4n) is 1.35. The Morgan fingerprint density at radius 2 is 1.65 bits per heavy atom. The van der Waals surface area contributed by atoms with Crippen LogP contribution in [0.5, 0.6) is 0 Å². The number of hydrogen-bond donors (Lipinski definition) is 2. The van der Waals surface area contributed by atoms with E-state index in [0.717, 1.165) is 4.90 Å². The molecule has 0 rings (SSSR count). The SMILES string of the molecule is CC(C)CC(=O)N(CCC(=O)O)C(C)C(=O)O. The van der Waals surface area contributed by atoms with Crippen molar-refractivity contribution < 1.29 is 24.6 Å². The topological polar surface area (TPSA) is 94.9 Å². The van der Waals surface area contributed by atoms with Crippen LogP contribution in [0.15, 0.2) is 0 Å². The summed E-state index contributed by atoms with van der Waals surface area (Å²) in [5, 5.41) is 17.4. The fourth-order valence-corrected chi connectivity index (χ4v) is 1.35. The number of carbonyl (C=O) groups excluding carboxylic acids is 1. The Balaban J connectivity index is 4.65. The van der Waals surface area contributed by atoms with Gasteiger partial charge in [0.2, 0.25) is 5.91 Å². The van der Waals surface area contributed by atoms with Crippen LogP contribution in [-0.4, -0.2) is 45.5 Å². The number of carboxylic acid groups (broad SMARTS) is 2. The Kier molecular flexibility index (Phi) is 6.23. The van der Waals surface area contributed by atoms with Crippen molar-refractivity contribution in [2.24, 2.45) is 5.92 Å². The average Bonchev–Trinajstić information content (AvgIpc) is 2.15. The van der Waals surface area contributed by atoms with Gasteiger partial charge < -0.3 is 15.1 Å². The lowest BCUT2D eigenvalue weighted by atomic mass is 10.1. The zero-order valence-corrected chi connectivity index (χ0v) is 10.3. The molecular formula is C11H19NO5. The molecule has 1 atom stereocenters. The van der Waals surface area contributed by atoms with Crippen molar-refractivity contribution in [3.05, 3.63) is 0 Å². The highest BCUT2D eigenvalue weighted by Gasteiger charge is 2.26. The van der Waals surface area contributed by atoms with Crippen LogP contribution in [0.4, 0.5) is 0 Å². The Morgan fingerprint density at radius 1 is 1.12 bits per heavy atom. The first kappa shape index (κ1) is 15.4. The summed E-state index contributed by atoms with van der Waals surface area (Å²) >= 11 is 0. The van der Waals surface area contributed by atoms with E-state index >= 15 is 0 Å². The molecule has 0 aliphatic rings. The summed E-state index contributed by atoms with van der Waals surface area (Å²) in [5.41, 5.74) is 0. The summed E-state index contributed by atoms with van der Waals surface area (Å²) in [4.78, 5) is 34.2. The maximum Gasteiger partial charge on any atom is 0.326 e. The number of carboxylic acids is 2. The van der Waals surface area contributed by atoms with Gasteiger partial charge in [0.15, 0.2) is 0 Å². The minimum atomic E-state index is -1.13. The number of carbonyl (C=O) groups is 3. The van der Waals surface area contributed by atoms with Crippen LogP contribution >= 0.6 is 0 Å². The zero-order chi connectivity index (χ0) is 13.6. The quantitative estimate of drug-likeness (QED) is 0.692. The first-order valence-electron chi connectivity index (χ1n) is 5.49. The second-order valence-corrected chi connectivity index (χ2v) is 4.34. The first-order valence-corrected chi connectivity index (χ1v) is 5.49. The molecule has 0 aromatic heterocycles. The van der Waals surface area contributed by atoms with E-state index in [1.165, 1.54) is 6.92 Å². The predicted molar refractivity (Wildman–Crippen MR) is 60.5 cm³/mol. The monoisotopic (exact) mass is 245 g/mol. The van der Waals surface area contributed by atoms with Crippen LogP contribution in [-0.2, 0) is 14.4 Å². The molecule has 17 heavy (non-hydrogen) atoms. The van der Waals surface area contributed by atoms with Crippen molar-refractivity contribution in [2.75, 3.05) is 6.54 Å². The third kappa shape index (κ3) is 5.89. The van der Waals surface area contributed by atoms with Gasteiger partial charge in [-0.25, -0.2) is 4.79 Å². The highest BCUT2D eigenvalue weighted by molar-refractivity contribution is 5.83. The number of hydrogen-bond acceptors (Lipinski definition) is 3. The second-order valence-electron chi connectivity index (χ2n) is 4.34. The summed E-state index contributed by atoms with van der Waals surface area (Å²) in [6.45, 7) is 4.99. The van der Waals surface area contributed by atoms with E-state index in [-0.39, 0.29) is 31.2 Å². The van der Waals surface area contributed by atoms with Crippen LogP contribution in [0.25, 0.3) is 0 Å². The van der Waals surface area contributed by atoms with Gasteiger partial charge in [0.25, 0.3) is 0 Å². The maximum absolute atomic E-state index is 11.8. The number of rotatable bonds is 7. The van der Waals surface area contributed by atoms with E-state index in [1.807, 2.05) is 13.8 Å². The Labute approximate surface area is 100 Å². The molecule has 0 aliphatic carbocycles. The summed E-state index contributed by atoms with van der Waals surface area (Å²) in [5.74, 6) is -2.40. The lowest BCUT2D eigenvalue weighted by Gasteiger charge is -2.26. The Bertz CT molecular complexity index is 300. The largest absolute Gasteiger partial charge is 0.481 e. The van der Waals surface area contributed by atoms with Gasteiger partial charge in [0, 0.05) is 13.0 Å². The third-order valence-corrected chi connectivity index (χ3v) is 2.29. The molecule has 98 valence electrons. The van der Waals surface area contributed by atoms with Crippen molar-refractivity contribution in [3.63, 3.8) is 0 Å². The molecule has 0 bridgehead atoms. The zero-order valence-electron chi connectivity index (χ0n) is 10.3. The van der Waals surface area contributed by atoms with Crippen LogP contribution < -0.4 is 0 Å². The molecule has 0 saturated carbocycles. The number of nitrogens with zero attached hydrogens (tertiary/aromatic N) is 1. The van der Waals surface area contributed by atoms with Crippen molar-refractivity contribution in [3.8, 4) is 0 Å². The summed E-state index contributed by atoms with van der Waals surface area (Å²) in [6, 6.07) is -0.999. The van der Waals surface area contributed by atoms with Crippen LogP contribution in [0, 0.1) is 5.92 Å². The average molecular weight is 245 g/mol. The molecule has 6 heteroatoms. The molecule has 0 heterocycles. The predicted octanol–water partition coefficient (Wildman–Crippen LogP) is 0.809. The van der Waals surface area contributed by atoms with E-state index in [4.69, 9.17) is 10.2 Å². The van der Waals surface area contributed by atoms with Crippen LogP contribution in [0.1, 0.15) is 33.6 Å². The molecule has 0 aliphatic heterocycles. The van der Waals surface area contributed by atoms with E-state index in [2.05, 4.69) is 0 Å². The fraction of sp³-hybridized carbons (Fsp3) is 0.727. The minimum Gasteiger partial charge on any atom is -0.481 e. The maximum atomic E-state index is 11.8. The van der Waals surface area contributed by atoms with Crippen molar-refractivity contribution >= 4 is 17.8 Å². The molecule has 0 aromatic carbocycles. The van der Waals surface area contributed by atoms with Crippen molar-refractivity contribution in [1.29, 1.82) is 0 Å². The molecule has 1 unspecified atom stereocenters. The number of aliphatic carboxylic acids is 2. The van der Waals surface area contributed by atoms with E-state index in [9.17, 15) is 14.4 Å². The summed E-state index contributed by atoms with van der Waals surface area (Å²) in [7, 11) is 0. The van der Waals surface area contributed by atoms with E-state index in [1.54, 1.807) is 0 Å². The van der Waals surface area contributed by atoms with E-state index < -0.39 is 18.0 Å². The van der Waals surface area contributed by atoms with Gasteiger partial charge in [-0.3, -0.25) is 9.59 Å². The van der Waals surface area contributed by atoms with Crippen molar-refractivity contribution in [2.45, 2.75) is 39.7 Å². The Hall–Kier alpha value is -1.59. The lowest BCUT2D eigenvalue weighted by molar-refractivity contribution is -0.151. The minimum absolute atomic E-state index is 0.0750. The molecular weight excluding hydrogens is 226 g/mol. The molecule has 6 nitrogen and oxygen atoms in total. The van der Waals surface area contributed by atoms with Crippen LogP contribution in [0.3, 0.4) is 0 Å². The molecule has 0 fully saturated rings. The molecule has 0 aromatic rings. The van der Waals surface area contributed by atoms with Gasteiger partial charge in [0.1, 0.15) is 6.04 Å². The van der Waals surface area contributed by atoms with Crippen molar-refractivity contribution in [1.82, 2.24) is 4.90 Å². The van der Waals surface area contributed by atoms with Gasteiger partial charge in [-0.05, 0) is 12.8 Å². The van der Waals surface area contributed by atoms with Crippen LogP contribution in [0.2, 0.25) is 0 Å². The van der Waals surface area contributed by atoms with Gasteiger partial charge in [0.05, 0.1) is 6.42 Å². The van der Waals surface area contributed by atoms with Gasteiger partial charge >= 0.3 is 11.9 Å². The summed E-state index contributed by atoms with van der Waals surface area (Å²) in [6.07, 6.45) is -0.0291. The standard InChI is InChI=1S/C11H19NO5/c1-7(2)6-9(13)12(5-4-10(14)15)8(3)11(16)17/h7-8H,4-6H2,1-3H3,(H,14,15)(H,16,17). The highest BCUT2D eigenvalue weighted by atomic mass is 16.4. The van der Waals surface area contributed by atoms with E-state index in [0.29, 0.717) is 0 Å². The normalized spacial score (nSPS) is 12.2.